The van der Waals surface area contributed by atoms with Crippen LogP contribution in [0, 0.1) is 6.92 Å². The van der Waals surface area contributed by atoms with E-state index in [1.54, 1.807) is 32.1 Å². The first-order valence-corrected chi connectivity index (χ1v) is 10.9. The average Bonchev–Trinajstić information content (AvgIpc) is 3.26. The summed E-state index contributed by atoms with van der Waals surface area (Å²) in [5, 5.41) is 13.0. The van der Waals surface area contributed by atoms with E-state index in [4.69, 9.17) is 4.74 Å². The molecule has 0 aliphatic carbocycles. The highest BCUT2D eigenvalue weighted by atomic mass is 32.1. The minimum absolute atomic E-state index is 0.0876. The molecule has 3 atom stereocenters. The first kappa shape index (κ1) is 22.2. The minimum atomic E-state index is -0.753. The molecule has 7 nitrogen and oxygen atoms in total. The third kappa shape index (κ3) is 5.17. The highest BCUT2D eigenvalue weighted by Gasteiger charge is 2.41. The summed E-state index contributed by atoms with van der Waals surface area (Å²) in [7, 11) is 0. The van der Waals surface area contributed by atoms with Gasteiger partial charge in [-0.05, 0) is 45.7 Å². The Morgan fingerprint density at radius 3 is 2.53 bits per heavy atom. The zero-order valence-corrected chi connectivity index (χ0v) is 18.8. The van der Waals surface area contributed by atoms with Crippen LogP contribution in [0.5, 0.6) is 0 Å². The lowest BCUT2D eigenvalue weighted by Gasteiger charge is -2.28. The van der Waals surface area contributed by atoms with Crippen molar-refractivity contribution in [1.82, 2.24) is 15.2 Å². The van der Waals surface area contributed by atoms with Crippen LogP contribution in [0.25, 0.3) is 10.4 Å². The zero-order chi connectivity index (χ0) is 22.1. The molecule has 8 heteroatoms. The summed E-state index contributed by atoms with van der Waals surface area (Å²) >= 11 is 1.60. The molecule has 1 aromatic heterocycles. The predicted molar refractivity (Wildman–Crippen MR) is 116 cm³/mol. The number of benzene rings is 1. The maximum Gasteiger partial charge on any atom is 0.411 e. The van der Waals surface area contributed by atoms with E-state index in [1.165, 1.54) is 4.90 Å². The number of rotatable bonds is 4. The van der Waals surface area contributed by atoms with Gasteiger partial charge in [0.2, 0.25) is 5.91 Å². The summed E-state index contributed by atoms with van der Waals surface area (Å²) in [6.07, 6.45) is -1.14. The molecule has 2 N–H and O–H groups in total. The fourth-order valence-electron chi connectivity index (χ4n) is 3.48. The number of hydrogen-bond donors (Lipinski definition) is 2. The molecule has 2 amide bonds. The maximum absolute atomic E-state index is 12.9. The quantitative estimate of drug-likeness (QED) is 0.771. The zero-order valence-electron chi connectivity index (χ0n) is 18.0. The Labute approximate surface area is 181 Å². The third-order valence-electron chi connectivity index (χ3n) is 4.99. The van der Waals surface area contributed by atoms with Crippen molar-refractivity contribution < 1.29 is 19.4 Å². The second-order valence-electron chi connectivity index (χ2n) is 8.66. The lowest BCUT2D eigenvalue weighted by atomic mass is 10.0. The van der Waals surface area contributed by atoms with Gasteiger partial charge in [0.15, 0.2) is 0 Å². The number of ether oxygens (including phenoxy) is 1. The number of amides is 2. The number of aryl methyl sites for hydroxylation is 1. The highest BCUT2D eigenvalue weighted by molar-refractivity contribution is 7.13. The maximum atomic E-state index is 12.9. The molecular weight excluding hydrogens is 402 g/mol. The number of aliphatic hydroxyl groups is 1. The second kappa shape index (κ2) is 8.73. The fraction of sp³-hybridized carbons (Fsp3) is 0.500. The van der Waals surface area contributed by atoms with E-state index in [9.17, 15) is 14.7 Å². The topological polar surface area (TPSA) is 91.8 Å². The molecule has 1 fully saturated rings. The van der Waals surface area contributed by atoms with Crippen molar-refractivity contribution in [2.24, 2.45) is 0 Å². The fourth-order valence-corrected chi connectivity index (χ4v) is 4.29. The molecule has 2 aromatic rings. The lowest BCUT2D eigenvalue weighted by Crippen LogP contribution is -2.48. The van der Waals surface area contributed by atoms with Gasteiger partial charge in [0, 0.05) is 6.42 Å². The van der Waals surface area contributed by atoms with Crippen LogP contribution in [-0.2, 0) is 9.53 Å². The average molecular weight is 432 g/mol. The van der Waals surface area contributed by atoms with Crippen LogP contribution in [0.1, 0.15) is 51.4 Å². The van der Waals surface area contributed by atoms with E-state index < -0.39 is 23.8 Å². The first-order valence-electron chi connectivity index (χ1n) is 10.0. The van der Waals surface area contributed by atoms with Gasteiger partial charge < -0.3 is 15.2 Å². The van der Waals surface area contributed by atoms with Gasteiger partial charge in [0.05, 0.1) is 34.8 Å². The third-order valence-corrected chi connectivity index (χ3v) is 5.96. The number of β-amino-alcohol motifs (C(OH)–C–C–N with tert-alkyl or cyclic N) is 1. The number of aliphatic hydroxyl groups excluding tert-OH is 1. The number of aromatic nitrogens is 1. The monoisotopic (exact) mass is 431 g/mol. The molecule has 0 radical (unpaired) electrons. The van der Waals surface area contributed by atoms with Gasteiger partial charge in [-0.3, -0.25) is 9.69 Å². The number of nitrogens with zero attached hydrogens (tertiary/aromatic N) is 2. The number of hydrogen-bond acceptors (Lipinski definition) is 6. The minimum Gasteiger partial charge on any atom is -0.444 e. The van der Waals surface area contributed by atoms with Crippen molar-refractivity contribution >= 4 is 23.3 Å². The van der Waals surface area contributed by atoms with Crippen molar-refractivity contribution in [2.75, 3.05) is 6.54 Å². The molecule has 1 aliphatic heterocycles. The Bertz CT molecular complexity index is 904. The van der Waals surface area contributed by atoms with Crippen LogP contribution in [-0.4, -0.2) is 51.3 Å². The lowest BCUT2D eigenvalue weighted by molar-refractivity contribution is -0.126. The Kier molecular flexibility index (Phi) is 6.47. The summed E-state index contributed by atoms with van der Waals surface area (Å²) in [5.74, 6) is -0.299. The Hall–Kier alpha value is -2.45. The summed E-state index contributed by atoms with van der Waals surface area (Å²) in [5.41, 5.74) is 4.20. The van der Waals surface area contributed by atoms with Crippen LogP contribution in [0.4, 0.5) is 4.79 Å². The van der Waals surface area contributed by atoms with Gasteiger partial charge in [-0.2, -0.15) is 0 Å². The van der Waals surface area contributed by atoms with Gasteiger partial charge in [-0.25, -0.2) is 9.78 Å². The number of carbonyl (C=O) groups excluding carboxylic acids is 2. The Balaban J connectivity index is 1.66. The molecule has 162 valence electrons. The number of nitrogens with one attached hydrogen (secondary N) is 1. The van der Waals surface area contributed by atoms with Crippen molar-refractivity contribution in [3.05, 3.63) is 41.0 Å². The summed E-state index contributed by atoms with van der Waals surface area (Å²) in [6, 6.07) is 7.00. The van der Waals surface area contributed by atoms with Gasteiger partial charge in [-0.1, -0.05) is 24.3 Å². The molecule has 1 aliphatic rings. The summed E-state index contributed by atoms with van der Waals surface area (Å²) < 4.78 is 5.39. The van der Waals surface area contributed by atoms with E-state index >= 15 is 0 Å². The molecule has 0 spiro atoms. The summed E-state index contributed by atoms with van der Waals surface area (Å²) in [6.45, 7) is 9.28. The Morgan fingerprint density at radius 1 is 1.30 bits per heavy atom. The molecule has 3 rings (SSSR count). The van der Waals surface area contributed by atoms with Crippen molar-refractivity contribution in [2.45, 2.75) is 64.8 Å². The molecule has 0 saturated carbocycles. The highest BCUT2D eigenvalue weighted by Crippen LogP contribution is 2.28. The normalized spacial score (nSPS) is 20.1. The van der Waals surface area contributed by atoms with E-state index in [2.05, 4.69) is 10.3 Å². The van der Waals surface area contributed by atoms with Crippen LogP contribution >= 0.6 is 11.3 Å². The predicted octanol–water partition coefficient (Wildman–Crippen LogP) is 3.67. The molecule has 1 saturated heterocycles. The number of thiazole rings is 1. The SMILES string of the molecule is Cc1ncsc1-c1ccc([C@H](C)NC(=O)[C@@H]2CC(O)CN2C(=O)OC(C)(C)C)cc1. The van der Waals surface area contributed by atoms with Crippen molar-refractivity contribution in [3.8, 4) is 10.4 Å². The number of likely N-dealkylation sites (tertiary alicyclic amines) is 1. The smallest absolute Gasteiger partial charge is 0.411 e. The van der Waals surface area contributed by atoms with Gasteiger partial charge >= 0.3 is 6.09 Å². The largest absolute Gasteiger partial charge is 0.444 e. The van der Waals surface area contributed by atoms with Crippen LogP contribution < -0.4 is 5.32 Å². The van der Waals surface area contributed by atoms with Crippen LogP contribution in [0.15, 0.2) is 29.8 Å². The second-order valence-corrected chi connectivity index (χ2v) is 9.51. The van der Waals surface area contributed by atoms with Gasteiger partial charge in [0.1, 0.15) is 11.6 Å². The molecule has 2 heterocycles. The van der Waals surface area contributed by atoms with E-state index in [0.717, 1.165) is 21.7 Å². The Morgan fingerprint density at radius 2 is 1.97 bits per heavy atom. The van der Waals surface area contributed by atoms with E-state index in [0.29, 0.717) is 0 Å². The van der Waals surface area contributed by atoms with Gasteiger partial charge in [-0.15, -0.1) is 11.3 Å². The van der Waals surface area contributed by atoms with E-state index in [1.807, 2.05) is 43.6 Å². The molecule has 1 aromatic carbocycles. The van der Waals surface area contributed by atoms with Gasteiger partial charge in [0.25, 0.3) is 0 Å². The van der Waals surface area contributed by atoms with Crippen molar-refractivity contribution in [3.63, 3.8) is 0 Å². The molecule has 0 bridgehead atoms. The van der Waals surface area contributed by atoms with Crippen molar-refractivity contribution in [1.29, 1.82) is 0 Å². The molecular formula is C22H29N3O4S. The molecule has 30 heavy (non-hydrogen) atoms. The van der Waals surface area contributed by atoms with Crippen LogP contribution in [0.2, 0.25) is 0 Å². The standard InChI is InChI=1S/C22H29N3O4S/c1-13(15-6-8-16(9-7-15)19-14(2)23-12-30-19)24-20(27)18-10-17(26)11-25(18)21(28)29-22(3,4)5/h6-9,12-13,17-18,26H,10-11H2,1-5H3,(H,24,27)/t13-,17?,18-/m0/s1. The molecule has 1 unspecified atom stereocenters. The first-order chi connectivity index (χ1) is 14.0. The number of carbonyl (C=O) groups is 2. The van der Waals surface area contributed by atoms with Crippen LogP contribution in [0.3, 0.4) is 0 Å². The summed E-state index contributed by atoms with van der Waals surface area (Å²) in [4.78, 5) is 32.1. The van der Waals surface area contributed by atoms with E-state index in [-0.39, 0.29) is 24.9 Å².